The zero-order chi connectivity index (χ0) is 21.5. The molecule has 2 fully saturated rings. The van der Waals surface area contributed by atoms with E-state index >= 15 is 0 Å². The van der Waals surface area contributed by atoms with Gasteiger partial charge in [-0.3, -0.25) is 9.59 Å². The second-order valence-electron chi connectivity index (χ2n) is 9.29. The summed E-state index contributed by atoms with van der Waals surface area (Å²) in [4.78, 5) is 41.5. The average Bonchev–Trinajstić information content (AvgIpc) is 3.00. The first-order chi connectivity index (χ1) is 15.0. The molecule has 8 nitrogen and oxygen atoms in total. The predicted octanol–water partition coefficient (Wildman–Crippen LogP) is 1.75. The van der Waals surface area contributed by atoms with Crippen molar-refractivity contribution in [2.24, 2.45) is 11.8 Å². The van der Waals surface area contributed by atoms with Crippen molar-refractivity contribution in [1.29, 1.82) is 0 Å². The monoisotopic (exact) mass is 422 g/mol. The summed E-state index contributed by atoms with van der Waals surface area (Å²) in [7, 11) is 3.98. The van der Waals surface area contributed by atoms with Crippen LogP contribution in [0.3, 0.4) is 0 Å². The van der Waals surface area contributed by atoms with Gasteiger partial charge in [0.05, 0.1) is 5.69 Å². The van der Waals surface area contributed by atoms with Crippen LogP contribution in [0.1, 0.15) is 47.3 Å². The number of piperidine rings is 1. The van der Waals surface area contributed by atoms with E-state index in [1.807, 2.05) is 19.0 Å². The molecule has 31 heavy (non-hydrogen) atoms. The Labute approximate surface area is 182 Å². The molecule has 0 radical (unpaired) electrons. The maximum Gasteiger partial charge on any atom is 0.260 e. The van der Waals surface area contributed by atoms with Crippen molar-refractivity contribution in [3.8, 4) is 0 Å². The molecule has 3 atom stereocenters. The van der Waals surface area contributed by atoms with E-state index in [1.165, 1.54) is 24.1 Å². The Balaban J connectivity index is 1.38. The van der Waals surface area contributed by atoms with Gasteiger partial charge >= 0.3 is 0 Å². The molecule has 8 heteroatoms. The van der Waals surface area contributed by atoms with Gasteiger partial charge in [-0.1, -0.05) is 0 Å². The van der Waals surface area contributed by atoms with Gasteiger partial charge in [-0.2, -0.15) is 4.98 Å². The van der Waals surface area contributed by atoms with Gasteiger partial charge in [0.1, 0.15) is 11.4 Å². The Bertz CT molecular complexity index is 1030. The minimum Gasteiger partial charge on any atom is -0.356 e. The highest BCUT2D eigenvalue weighted by Gasteiger charge is 2.44. The number of aryl methyl sites for hydroxylation is 1. The Morgan fingerprint density at radius 2 is 1.90 bits per heavy atom. The predicted molar refractivity (Wildman–Crippen MR) is 120 cm³/mol. The minimum absolute atomic E-state index is 0.106. The lowest BCUT2D eigenvalue weighted by molar-refractivity contribution is 0.0908. The highest BCUT2D eigenvalue weighted by Crippen LogP contribution is 2.40. The number of hydrogen-bond donors (Lipinski definition) is 2. The van der Waals surface area contributed by atoms with E-state index in [0.29, 0.717) is 11.8 Å². The molecule has 0 aromatic carbocycles. The molecule has 1 unspecified atom stereocenters. The van der Waals surface area contributed by atoms with Crippen LogP contribution in [0.25, 0.3) is 0 Å². The van der Waals surface area contributed by atoms with E-state index in [-0.39, 0.29) is 23.1 Å². The molecule has 2 bridgehead atoms. The van der Waals surface area contributed by atoms with E-state index in [1.54, 1.807) is 18.3 Å². The van der Waals surface area contributed by atoms with Crippen molar-refractivity contribution >= 4 is 17.7 Å². The molecule has 2 N–H and O–H groups in total. The lowest BCUT2D eigenvalue weighted by Gasteiger charge is -2.40. The molecule has 164 valence electrons. The molecule has 1 saturated heterocycles. The quantitative estimate of drug-likeness (QED) is 0.780. The average molecular weight is 423 g/mol. The normalized spacial score (nSPS) is 24.6. The number of H-pyrrole nitrogens is 1. The second-order valence-corrected chi connectivity index (χ2v) is 9.29. The fourth-order valence-electron chi connectivity index (χ4n) is 5.48. The first-order valence-corrected chi connectivity index (χ1v) is 11.3. The number of carbonyl (C=O) groups excluding carboxylic acids is 1. The lowest BCUT2D eigenvalue weighted by Crippen LogP contribution is -2.53. The lowest BCUT2D eigenvalue weighted by atomic mass is 9.90. The Kier molecular flexibility index (Phi) is 5.16. The van der Waals surface area contributed by atoms with Gasteiger partial charge < -0.3 is 20.1 Å². The van der Waals surface area contributed by atoms with Gasteiger partial charge in [0.15, 0.2) is 0 Å². The maximum absolute atomic E-state index is 12.7. The van der Waals surface area contributed by atoms with E-state index < -0.39 is 0 Å². The molecular weight excluding hydrogens is 392 g/mol. The number of nitrogens with one attached hydrogen (secondary N) is 2. The van der Waals surface area contributed by atoms with Gasteiger partial charge in [0.25, 0.3) is 11.5 Å². The van der Waals surface area contributed by atoms with Crippen LogP contribution >= 0.6 is 0 Å². The third kappa shape index (κ3) is 3.68. The summed E-state index contributed by atoms with van der Waals surface area (Å²) >= 11 is 0. The summed E-state index contributed by atoms with van der Waals surface area (Å²) < 4.78 is 0. The molecule has 5 rings (SSSR count). The number of nitrogens with zero attached hydrogens (tertiary/aromatic N) is 4. The van der Waals surface area contributed by atoms with Crippen LogP contribution in [0.4, 0.5) is 11.8 Å². The number of aromatic amines is 1. The number of rotatable bonds is 4. The van der Waals surface area contributed by atoms with Crippen LogP contribution in [0.5, 0.6) is 0 Å². The van der Waals surface area contributed by atoms with E-state index in [0.717, 1.165) is 50.5 Å². The van der Waals surface area contributed by atoms with Gasteiger partial charge in [0.2, 0.25) is 5.95 Å². The van der Waals surface area contributed by atoms with Crippen molar-refractivity contribution < 1.29 is 4.79 Å². The highest BCUT2D eigenvalue weighted by molar-refractivity contribution is 5.94. The largest absolute Gasteiger partial charge is 0.356 e. The molecule has 2 aliphatic carbocycles. The van der Waals surface area contributed by atoms with Gasteiger partial charge in [-0.25, -0.2) is 4.98 Å². The zero-order valence-corrected chi connectivity index (χ0v) is 18.2. The summed E-state index contributed by atoms with van der Waals surface area (Å²) in [5.74, 6) is 2.33. The number of amides is 1. The molecule has 1 amide bonds. The zero-order valence-electron chi connectivity index (χ0n) is 18.2. The van der Waals surface area contributed by atoms with Crippen molar-refractivity contribution in [2.45, 2.75) is 44.6 Å². The third-order valence-corrected chi connectivity index (χ3v) is 7.04. The summed E-state index contributed by atoms with van der Waals surface area (Å²) in [5.41, 5.74) is 2.36. The van der Waals surface area contributed by atoms with Crippen LogP contribution in [0.15, 0.2) is 23.1 Å². The van der Waals surface area contributed by atoms with Crippen molar-refractivity contribution in [1.82, 2.24) is 20.3 Å². The molecule has 2 aromatic rings. The van der Waals surface area contributed by atoms with Crippen LogP contribution < -0.4 is 20.7 Å². The van der Waals surface area contributed by atoms with E-state index in [4.69, 9.17) is 9.97 Å². The summed E-state index contributed by atoms with van der Waals surface area (Å²) in [6, 6.07) is 3.38. The molecule has 1 saturated carbocycles. The summed E-state index contributed by atoms with van der Waals surface area (Å²) in [6.07, 6.45) is 8.17. The number of carbonyl (C=O) groups is 1. The Morgan fingerprint density at radius 3 is 2.61 bits per heavy atom. The summed E-state index contributed by atoms with van der Waals surface area (Å²) in [6.45, 7) is 1.76. The molecule has 3 heterocycles. The number of fused-ring (bicyclic) bond motifs is 3. The molecule has 2 aromatic heterocycles. The number of anilines is 2. The van der Waals surface area contributed by atoms with E-state index in [2.05, 4.69) is 15.2 Å². The highest BCUT2D eigenvalue weighted by atomic mass is 16.2. The molecule has 0 spiro atoms. The van der Waals surface area contributed by atoms with Crippen LogP contribution in [-0.2, 0) is 12.8 Å². The van der Waals surface area contributed by atoms with Crippen molar-refractivity contribution in [2.75, 3.05) is 37.0 Å². The third-order valence-electron chi connectivity index (χ3n) is 7.04. The number of pyridine rings is 1. The van der Waals surface area contributed by atoms with Gasteiger partial charge in [0, 0.05) is 45.0 Å². The number of aromatic nitrogens is 3. The summed E-state index contributed by atoms with van der Waals surface area (Å²) in [5, 5.41) is 3.18. The van der Waals surface area contributed by atoms with Crippen LogP contribution in [0.2, 0.25) is 0 Å². The Morgan fingerprint density at radius 1 is 1.16 bits per heavy atom. The first-order valence-electron chi connectivity index (χ1n) is 11.3. The SMILES string of the molecule is CN(C)c1nc2c(c(N3C[C@H]4CC[C@@H](C3)C4NC(=O)c3ccc[nH]c3=O)n1)CCCC2. The van der Waals surface area contributed by atoms with Gasteiger partial charge in [-0.15, -0.1) is 0 Å². The maximum atomic E-state index is 12.7. The standard InChI is InChI=1S/C23H30N6O2/c1-28(2)23-25-18-8-4-3-6-16(18)20(27-23)29-12-14-9-10-15(13-29)19(14)26-22(31)17-7-5-11-24-21(17)30/h5,7,11,14-15,19H,3-4,6,8-10,12-13H2,1-2H3,(H,24,30)(H,26,31)/t14-,15+,19?. The number of hydrogen-bond acceptors (Lipinski definition) is 6. The topological polar surface area (TPSA) is 94.2 Å². The van der Waals surface area contributed by atoms with Gasteiger partial charge in [-0.05, 0) is 62.5 Å². The minimum atomic E-state index is -0.339. The fourth-order valence-corrected chi connectivity index (χ4v) is 5.48. The second kappa shape index (κ2) is 7.98. The first kappa shape index (κ1) is 20.0. The smallest absolute Gasteiger partial charge is 0.260 e. The Hall–Kier alpha value is -2.90. The molecular formula is C23H30N6O2. The van der Waals surface area contributed by atoms with Crippen molar-refractivity contribution in [3.05, 3.63) is 45.5 Å². The van der Waals surface area contributed by atoms with Crippen LogP contribution in [0, 0.1) is 11.8 Å². The van der Waals surface area contributed by atoms with E-state index in [9.17, 15) is 9.59 Å². The fraction of sp³-hybridized carbons (Fsp3) is 0.565. The van der Waals surface area contributed by atoms with Crippen molar-refractivity contribution in [3.63, 3.8) is 0 Å². The molecule has 1 aliphatic heterocycles. The van der Waals surface area contributed by atoms with Crippen LogP contribution in [-0.4, -0.2) is 54.1 Å². The molecule has 3 aliphatic rings.